The number of amides is 1. The quantitative estimate of drug-likeness (QED) is 0.519. The van der Waals surface area contributed by atoms with Crippen molar-refractivity contribution >= 4 is 39.1 Å². The zero-order valence-corrected chi connectivity index (χ0v) is 19.3. The summed E-state index contributed by atoms with van der Waals surface area (Å²) in [6.45, 7) is 5.47. The SMILES string of the molecule is COCCn1c(=NC(=O)C2(c3ccc(Cl)cc3)CCCC2)sc2cc(C)c(C)cc21. The molecule has 3 aromatic rings. The summed E-state index contributed by atoms with van der Waals surface area (Å²) in [4.78, 5) is 19.1. The van der Waals surface area contributed by atoms with Crippen LogP contribution in [0.4, 0.5) is 0 Å². The molecule has 0 spiro atoms. The van der Waals surface area contributed by atoms with Crippen molar-refractivity contribution in [2.45, 2.75) is 51.5 Å². The summed E-state index contributed by atoms with van der Waals surface area (Å²) in [7, 11) is 1.69. The fraction of sp³-hybridized carbons (Fsp3) is 0.417. The van der Waals surface area contributed by atoms with Crippen LogP contribution < -0.4 is 4.80 Å². The summed E-state index contributed by atoms with van der Waals surface area (Å²) in [5.41, 5.74) is 4.06. The highest BCUT2D eigenvalue weighted by molar-refractivity contribution is 7.16. The van der Waals surface area contributed by atoms with Crippen molar-refractivity contribution in [2.75, 3.05) is 13.7 Å². The fourth-order valence-corrected chi connectivity index (χ4v) is 5.63. The lowest BCUT2D eigenvalue weighted by Crippen LogP contribution is -2.33. The van der Waals surface area contributed by atoms with Gasteiger partial charge in [0.15, 0.2) is 4.80 Å². The van der Waals surface area contributed by atoms with Crippen LogP contribution in [-0.4, -0.2) is 24.2 Å². The average molecular weight is 443 g/mol. The number of rotatable bonds is 5. The summed E-state index contributed by atoms with van der Waals surface area (Å²) in [5, 5.41) is 0.684. The number of aromatic nitrogens is 1. The Labute approximate surface area is 186 Å². The number of thiazole rings is 1. The minimum atomic E-state index is -0.550. The minimum absolute atomic E-state index is 0.0477. The van der Waals surface area contributed by atoms with Gasteiger partial charge < -0.3 is 9.30 Å². The van der Waals surface area contributed by atoms with E-state index in [-0.39, 0.29) is 5.91 Å². The van der Waals surface area contributed by atoms with E-state index in [1.165, 1.54) is 11.1 Å². The Morgan fingerprint density at radius 3 is 2.50 bits per heavy atom. The number of carbonyl (C=O) groups excluding carboxylic acids is 1. The first-order valence-electron chi connectivity index (χ1n) is 10.4. The van der Waals surface area contributed by atoms with Gasteiger partial charge in [0, 0.05) is 18.7 Å². The molecule has 1 aliphatic rings. The highest BCUT2D eigenvalue weighted by Gasteiger charge is 2.42. The molecule has 1 amide bonds. The second kappa shape index (κ2) is 8.66. The molecule has 0 atom stereocenters. The Hall–Kier alpha value is -1.95. The molecule has 2 aromatic carbocycles. The standard InChI is InChI=1S/C24H27ClN2O2S/c1-16-14-20-21(15-17(16)2)30-23(27(20)12-13-29-3)26-22(28)24(10-4-5-11-24)18-6-8-19(25)9-7-18/h6-9,14-15H,4-5,10-13H2,1-3H3. The van der Waals surface area contributed by atoms with Crippen molar-refractivity contribution in [3.63, 3.8) is 0 Å². The van der Waals surface area contributed by atoms with Gasteiger partial charge in [-0.25, -0.2) is 0 Å². The van der Waals surface area contributed by atoms with E-state index < -0.39 is 5.41 Å². The molecule has 0 saturated heterocycles. The Kier molecular flexibility index (Phi) is 6.14. The number of ether oxygens (including phenoxy) is 1. The van der Waals surface area contributed by atoms with Crippen LogP contribution in [0.2, 0.25) is 5.02 Å². The van der Waals surface area contributed by atoms with Gasteiger partial charge in [-0.1, -0.05) is 47.9 Å². The molecular formula is C24H27ClN2O2S. The van der Waals surface area contributed by atoms with Gasteiger partial charge in [0.25, 0.3) is 5.91 Å². The molecular weight excluding hydrogens is 416 g/mol. The van der Waals surface area contributed by atoms with Gasteiger partial charge in [-0.05, 0) is 67.6 Å². The van der Waals surface area contributed by atoms with Crippen molar-refractivity contribution in [1.82, 2.24) is 4.57 Å². The molecule has 0 bridgehead atoms. The molecule has 1 heterocycles. The minimum Gasteiger partial charge on any atom is -0.383 e. The third-order valence-corrected chi connectivity index (χ3v) is 7.57. The maximum atomic E-state index is 13.6. The van der Waals surface area contributed by atoms with E-state index in [9.17, 15) is 4.79 Å². The van der Waals surface area contributed by atoms with Crippen LogP contribution in [0.3, 0.4) is 0 Å². The third kappa shape index (κ3) is 3.86. The number of methoxy groups -OCH3 is 1. The van der Waals surface area contributed by atoms with Crippen LogP contribution in [0.25, 0.3) is 10.2 Å². The Morgan fingerprint density at radius 2 is 1.83 bits per heavy atom. The molecule has 6 heteroatoms. The molecule has 4 rings (SSSR count). The van der Waals surface area contributed by atoms with E-state index in [0.717, 1.165) is 46.3 Å². The zero-order chi connectivity index (χ0) is 21.3. The number of nitrogens with zero attached hydrogens (tertiary/aromatic N) is 2. The lowest BCUT2D eigenvalue weighted by atomic mass is 9.78. The van der Waals surface area contributed by atoms with E-state index in [0.29, 0.717) is 18.2 Å². The molecule has 0 radical (unpaired) electrons. The van der Waals surface area contributed by atoms with Gasteiger partial charge in [-0.2, -0.15) is 4.99 Å². The summed E-state index contributed by atoms with van der Waals surface area (Å²) in [6, 6.07) is 12.1. The molecule has 0 unspecified atom stereocenters. The van der Waals surface area contributed by atoms with Gasteiger partial charge in [-0.3, -0.25) is 4.79 Å². The first-order valence-corrected chi connectivity index (χ1v) is 11.6. The predicted molar refractivity (Wildman–Crippen MR) is 123 cm³/mol. The van der Waals surface area contributed by atoms with Gasteiger partial charge in [0.05, 0.1) is 22.2 Å². The van der Waals surface area contributed by atoms with Gasteiger partial charge in [0.1, 0.15) is 0 Å². The second-order valence-corrected chi connectivity index (χ2v) is 9.59. The molecule has 1 saturated carbocycles. The number of halogens is 1. The molecule has 30 heavy (non-hydrogen) atoms. The maximum Gasteiger partial charge on any atom is 0.258 e. The van der Waals surface area contributed by atoms with Crippen molar-refractivity contribution in [3.8, 4) is 0 Å². The number of carbonyl (C=O) groups is 1. The number of benzene rings is 2. The monoisotopic (exact) mass is 442 g/mol. The summed E-state index contributed by atoms with van der Waals surface area (Å²) in [5.74, 6) is -0.0477. The Bertz CT molecular complexity index is 1140. The van der Waals surface area contributed by atoms with Gasteiger partial charge in [-0.15, -0.1) is 0 Å². The third-order valence-electron chi connectivity index (χ3n) is 6.28. The molecule has 4 nitrogen and oxygen atoms in total. The number of aryl methyl sites for hydroxylation is 2. The molecule has 0 aliphatic heterocycles. The maximum absolute atomic E-state index is 13.6. The Balaban J connectivity index is 1.84. The van der Waals surface area contributed by atoms with Crippen LogP contribution in [-0.2, 0) is 21.5 Å². The molecule has 1 fully saturated rings. The number of fused-ring (bicyclic) bond motifs is 1. The normalized spacial score (nSPS) is 16.5. The molecule has 1 aromatic heterocycles. The van der Waals surface area contributed by atoms with Crippen LogP contribution in [0.5, 0.6) is 0 Å². The zero-order valence-electron chi connectivity index (χ0n) is 17.7. The molecule has 158 valence electrons. The van der Waals surface area contributed by atoms with Crippen molar-refractivity contribution in [1.29, 1.82) is 0 Å². The van der Waals surface area contributed by atoms with Crippen LogP contribution in [0, 0.1) is 13.8 Å². The first-order chi connectivity index (χ1) is 14.4. The van der Waals surface area contributed by atoms with E-state index in [1.54, 1.807) is 18.4 Å². The molecule has 0 N–H and O–H groups in total. The van der Waals surface area contributed by atoms with E-state index in [4.69, 9.17) is 21.3 Å². The van der Waals surface area contributed by atoms with Crippen molar-refractivity contribution in [3.05, 3.63) is 62.9 Å². The van der Waals surface area contributed by atoms with Gasteiger partial charge >= 0.3 is 0 Å². The fourth-order valence-electron chi connectivity index (χ4n) is 4.37. The molecule has 1 aliphatic carbocycles. The van der Waals surface area contributed by atoms with Crippen molar-refractivity contribution in [2.24, 2.45) is 4.99 Å². The van der Waals surface area contributed by atoms with E-state index in [1.807, 2.05) is 24.3 Å². The average Bonchev–Trinajstić information content (AvgIpc) is 3.34. The first kappa shape index (κ1) is 21.3. The van der Waals surface area contributed by atoms with Crippen LogP contribution in [0.15, 0.2) is 41.4 Å². The lowest BCUT2D eigenvalue weighted by Gasteiger charge is -2.25. The summed E-state index contributed by atoms with van der Waals surface area (Å²) in [6.07, 6.45) is 3.74. The summed E-state index contributed by atoms with van der Waals surface area (Å²) >= 11 is 7.67. The van der Waals surface area contributed by atoms with E-state index in [2.05, 4.69) is 30.5 Å². The Morgan fingerprint density at radius 1 is 1.17 bits per heavy atom. The van der Waals surface area contributed by atoms with E-state index >= 15 is 0 Å². The van der Waals surface area contributed by atoms with Gasteiger partial charge in [0.2, 0.25) is 0 Å². The number of hydrogen-bond acceptors (Lipinski definition) is 3. The smallest absolute Gasteiger partial charge is 0.258 e. The van der Waals surface area contributed by atoms with Crippen LogP contribution in [0.1, 0.15) is 42.4 Å². The largest absolute Gasteiger partial charge is 0.383 e. The highest BCUT2D eigenvalue weighted by atomic mass is 35.5. The van der Waals surface area contributed by atoms with Crippen LogP contribution >= 0.6 is 22.9 Å². The predicted octanol–water partition coefficient (Wildman–Crippen LogP) is 5.56. The lowest BCUT2D eigenvalue weighted by molar-refractivity contribution is -0.123. The number of hydrogen-bond donors (Lipinski definition) is 0. The summed E-state index contributed by atoms with van der Waals surface area (Å²) < 4.78 is 8.59. The topological polar surface area (TPSA) is 43.6 Å². The second-order valence-electron chi connectivity index (χ2n) is 8.15. The highest BCUT2D eigenvalue weighted by Crippen LogP contribution is 2.42. The van der Waals surface area contributed by atoms with Crippen molar-refractivity contribution < 1.29 is 9.53 Å².